The number of amides is 1. The number of benzene rings is 2. The summed E-state index contributed by atoms with van der Waals surface area (Å²) in [5, 5.41) is 2.61. The van der Waals surface area contributed by atoms with Gasteiger partial charge in [0.2, 0.25) is 10.0 Å². The predicted octanol–water partition coefficient (Wildman–Crippen LogP) is 3.02. The minimum absolute atomic E-state index is 0.0956. The van der Waals surface area contributed by atoms with Gasteiger partial charge in [0.15, 0.2) is 0 Å². The number of para-hydroxylation sites is 1. The second kappa shape index (κ2) is 6.95. The van der Waals surface area contributed by atoms with Crippen molar-refractivity contribution in [1.82, 2.24) is 0 Å². The van der Waals surface area contributed by atoms with E-state index in [-0.39, 0.29) is 23.0 Å². The van der Waals surface area contributed by atoms with Crippen molar-refractivity contribution >= 4 is 27.3 Å². The Bertz CT molecular complexity index is 942. The molecule has 2 aromatic carbocycles. The van der Waals surface area contributed by atoms with E-state index >= 15 is 0 Å². The molecule has 6 nitrogen and oxygen atoms in total. The summed E-state index contributed by atoms with van der Waals surface area (Å²) in [6, 6.07) is 10.1. The molecule has 0 atom stereocenters. The Morgan fingerprint density at radius 2 is 1.92 bits per heavy atom. The van der Waals surface area contributed by atoms with Gasteiger partial charge in [0.1, 0.15) is 11.6 Å². The van der Waals surface area contributed by atoms with Gasteiger partial charge < -0.3 is 10.1 Å². The molecule has 0 aliphatic heterocycles. The van der Waals surface area contributed by atoms with E-state index in [9.17, 15) is 17.6 Å². The van der Waals surface area contributed by atoms with Crippen LogP contribution in [0.15, 0.2) is 42.5 Å². The van der Waals surface area contributed by atoms with E-state index in [1.807, 2.05) is 0 Å². The van der Waals surface area contributed by atoms with E-state index in [4.69, 9.17) is 4.74 Å². The Morgan fingerprint density at radius 1 is 1.23 bits per heavy atom. The van der Waals surface area contributed by atoms with Crippen molar-refractivity contribution in [2.24, 2.45) is 0 Å². The van der Waals surface area contributed by atoms with E-state index in [2.05, 4.69) is 5.32 Å². The van der Waals surface area contributed by atoms with Crippen LogP contribution >= 0.6 is 0 Å². The van der Waals surface area contributed by atoms with Crippen molar-refractivity contribution in [3.8, 4) is 5.75 Å². The lowest BCUT2D eigenvalue weighted by Gasteiger charge is -2.25. The largest absolute Gasteiger partial charge is 0.496 e. The highest BCUT2D eigenvalue weighted by Crippen LogP contribution is 2.38. The van der Waals surface area contributed by atoms with E-state index in [0.717, 1.165) is 25.2 Å². The van der Waals surface area contributed by atoms with Crippen molar-refractivity contribution < 1.29 is 22.3 Å². The lowest BCUT2D eigenvalue weighted by atomic mass is 10.1. The third-order valence-electron chi connectivity index (χ3n) is 4.03. The lowest BCUT2D eigenvalue weighted by molar-refractivity contribution is 0.102. The number of rotatable bonds is 6. The maximum atomic E-state index is 13.8. The van der Waals surface area contributed by atoms with Crippen molar-refractivity contribution in [3.63, 3.8) is 0 Å². The van der Waals surface area contributed by atoms with Gasteiger partial charge in [0, 0.05) is 6.04 Å². The molecule has 1 aliphatic carbocycles. The van der Waals surface area contributed by atoms with Gasteiger partial charge in [0.25, 0.3) is 5.91 Å². The Morgan fingerprint density at radius 3 is 2.54 bits per heavy atom. The average molecular weight is 378 g/mol. The average Bonchev–Trinajstić information content (AvgIpc) is 3.40. The molecule has 138 valence electrons. The van der Waals surface area contributed by atoms with Crippen molar-refractivity contribution in [3.05, 3.63) is 53.8 Å². The molecule has 0 radical (unpaired) electrons. The van der Waals surface area contributed by atoms with Gasteiger partial charge in [-0.05, 0) is 43.2 Å². The second-order valence-corrected chi connectivity index (χ2v) is 7.97. The summed E-state index contributed by atoms with van der Waals surface area (Å²) >= 11 is 0. The number of nitrogens with one attached hydrogen (secondary N) is 1. The molecule has 2 aromatic rings. The monoisotopic (exact) mass is 378 g/mol. The maximum absolute atomic E-state index is 13.8. The standard InChI is InChI=1S/C18H19FN2O4S/c1-25-17-6-4-3-5-14(17)18(22)20-15-11-12(19)7-10-16(15)21(13-8-9-13)26(2,23)24/h3-7,10-11,13H,8-9H2,1-2H3,(H,20,22). The van der Waals surface area contributed by atoms with Crippen LogP contribution in [0.5, 0.6) is 5.75 Å². The number of halogens is 1. The predicted molar refractivity (Wildman–Crippen MR) is 97.7 cm³/mol. The molecule has 8 heteroatoms. The first-order valence-corrected chi connectivity index (χ1v) is 9.89. The van der Waals surface area contributed by atoms with Gasteiger partial charge in [-0.2, -0.15) is 0 Å². The topological polar surface area (TPSA) is 75.7 Å². The Balaban J connectivity index is 2.00. The molecular formula is C18H19FN2O4S. The number of hydrogen-bond acceptors (Lipinski definition) is 4. The molecule has 1 amide bonds. The molecule has 3 rings (SSSR count). The van der Waals surface area contributed by atoms with Gasteiger partial charge in [-0.25, -0.2) is 12.8 Å². The molecule has 26 heavy (non-hydrogen) atoms. The zero-order chi connectivity index (χ0) is 18.9. The first kappa shape index (κ1) is 18.2. The lowest BCUT2D eigenvalue weighted by Crippen LogP contribution is -2.33. The molecule has 1 aliphatic rings. The van der Waals surface area contributed by atoms with Gasteiger partial charge >= 0.3 is 0 Å². The maximum Gasteiger partial charge on any atom is 0.259 e. The van der Waals surface area contributed by atoms with Crippen LogP contribution in [0.25, 0.3) is 0 Å². The number of hydrogen-bond donors (Lipinski definition) is 1. The number of ether oxygens (including phenoxy) is 1. The van der Waals surface area contributed by atoms with Crippen LogP contribution in [-0.2, 0) is 10.0 Å². The number of anilines is 2. The molecule has 0 unspecified atom stereocenters. The summed E-state index contributed by atoms with van der Waals surface area (Å²) in [6.07, 6.45) is 2.55. The minimum atomic E-state index is -3.57. The van der Waals surface area contributed by atoms with Crippen LogP contribution in [0.2, 0.25) is 0 Å². The molecule has 0 aromatic heterocycles. The normalized spacial score (nSPS) is 14.0. The summed E-state index contributed by atoms with van der Waals surface area (Å²) in [7, 11) is -2.13. The number of methoxy groups -OCH3 is 1. The molecule has 0 saturated heterocycles. The third-order valence-corrected chi connectivity index (χ3v) is 5.24. The van der Waals surface area contributed by atoms with Crippen LogP contribution in [0.1, 0.15) is 23.2 Å². The van der Waals surface area contributed by atoms with Crippen molar-refractivity contribution in [2.45, 2.75) is 18.9 Å². The van der Waals surface area contributed by atoms with Gasteiger partial charge in [0.05, 0.1) is 30.3 Å². The van der Waals surface area contributed by atoms with E-state index in [1.165, 1.54) is 23.5 Å². The first-order chi connectivity index (χ1) is 12.3. The fourth-order valence-electron chi connectivity index (χ4n) is 2.78. The molecule has 1 fully saturated rings. The Labute approximate surface area is 151 Å². The highest BCUT2D eigenvalue weighted by molar-refractivity contribution is 7.92. The first-order valence-electron chi connectivity index (χ1n) is 8.04. The molecule has 0 heterocycles. The van der Waals surface area contributed by atoms with Crippen molar-refractivity contribution in [1.29, 1.82) is 0 Å². The van der Waals surface area contributed by atoms with E-state index < -0.39 is 21.7 Å². The van der Waals surface area contributed by atoms with Crippen LogP contribution in [0.4, 0.5) is 15.8 Å². The fraction of sp³-hybridized carbons (Fsp3) is 0.278. The molecule has 0 bridgehead atoms. The summed E-state index contributed by atoms with van der Waals surface area (Å²) in [6.45, 7) is 0. The number of sulfonamides is 1. The second-order valence-electron chi connectivity index (χ2n) is 6.11. The Kier molecular flexibility index (Phi) is 4.86. The van der Waals surface area contributed by atoms with Crippen LogP contribution in [0, 0.1) is 5.82 Å². The van der Waals surface area contributed by atoms with E-state index in [0.29, 0.717) is 5.75 Å². The smallest absolute Gasteiger partial charge is 0.259 e. The van der Waals surface area contributed by atoms with Gasteiger partial charge in [-0.15, -0.1) is 0 Å². The van der Waals surface area contributed by atoms with Crippen molar-refractivity contribution in [2.75, 3.05) is 23.0 Å². The zero-order valence-corrected chi connectivity index (χ0v) is 15.2. The van der Waals surface area contributed by atoms with Gasteiger partial charge in [-0.1, -0.05) is 12.1 Å². The summed E-state index contributed by atoms with van der Waals surface area (Å²) in [4.78, 5) is 12.6. The van der Waals surface area contributed by atoms with Crippen LogP contribution in [-0.4, -0.2) is 33.7 Å². The van der Waals surface area contributed by atoms with E-state index in [1.54, 1.807) is 24.3 Å². The zero-order valence-electron chi connectivity index (χ0n) is 14.4. The molecule has 1 saturated carbocycles. The number of carbonyl (C=O) groups excluding carboxylic acids is 1. The van der Waals surface area contributed by atoms with Crippen LogP contribution in [0.3, 0.4) is 0 Å². The summed E-state index contributed by atoms with van der Waals surface area (Å²) < 4.78 is 44.6. The van der Waals surface area contributed by atoms with Gasteiger partial charge in [-0.3, -0.25) is 9.10 Å². The SMILES string of the molecule is COc1ccccc1C(=O)Nc1cc(F)ccc1N(C1CC1)S(C)(=O)=O. The third kappa shape index (κ3) is 3.80. The molecular weight excluding hydrogens is 359 g/mol. The Hall–Kier alpha value is -2.61. The minimum Gasteiger partial charge on any atom is -0.496 e. The molecule has 0 spiro atoms. The summed E-state index contributed by atoms with van der Waals surface area (Å²) in [5.74, 6) is -0.725. The number of carbonyl (C=O) groups is 1. The number of nitrogens with zero attached hydrogens (tertiary/aromatic N) is 1. The van der Waals surface area contributed by atoms with Crippen LogP contribution < -0.4 is 14.4 Å². The molecule has 1 N–H and O–H groups in total. The summed E-state index contributed by atoms with van der Waals surface area (Å²) in [5.41, 5.74) is 0.611. The fourth-order valence-corrected chi connectivity index (χ4v) is 4.05. The highest BCUT2D eigenvalue weighted by Gasteiger charge is 2.36. The highest BCUT2D eigenvalue weighted by atomic mass is 32.2. The quantitative estimate of drug-likeness (QED) is 0.838.